The lowest BCUT2D eigenvalue weighted by Crippen LogP contribution is -2.02. The van der Waals surface area contributed by atoms with Crippen molar-refractivity contribution in [2.75, 3.05) is 0 Å². The van der Waals surface area contributed by atoms with Crippen LogP contribution in [0.2, 0.25) is 0 Å². The van der Waals surface area contributed by atoms with Crippen LogP contribution < -0.4 is 4.65 Å². The van der Waals surface area contributed by atoms with E-state index in [0.717, 1.165) is 29.2 Å². The second-order valence-electron chi connectivity index (χ2n) is 8.45. The normalized spacial score (nSPS) is 11.8. The summed E-state index contributed by atoms with van der Waals surface area (Å²) in [6, 6.07) is 36.3. The summed E-state index contributed by atoms with van der Waals surface area (Å²) in [5.74, 6) is 0.672. The van der Waals surface area contributed by atoms with Crippen LogP contribution in [0, 0.1) is 0 Å². The van der Waals surface area contributed by atoms with Gasteiger partial charge in [0.05, 0.1) is 0 Å². The summed E-state index contributed by atoms with van der Waals surface area (Å²) >= 11 is 0. The van der Waals surface area contributed by atoms with Crippen LogP contribution in [0.1, 0.15) is 0 Å². The van der Waals surface area contributed by atoms with Gasteiger partial charge in [-0.2, -0.15) is 0 Å². The summed E-state index contributed by atoms with van der Waals surface area (Å²) in [6.45, 7) is 0. The van der Waals surface area contributed by atoms with E-state index in [4.69, 9.17) is 4.65 Å². The molecule has 1 radical (unpaired) electrons. The Labute approximate surface area is 192 Å². The summed E-state index contributed by atoms with van der Waals surface area (Å²) in [6.07, 6.45) is 0. The van der Waals surface area contributed by atoms with Gasteiger partial charge in [0.25, 0.3) is 0 Å². The van der Waals surface area contributed by atoms with Gasteiger partial charge >= 0.3 is 7.69 Å². The van der Waals surface area contributed by atoms with E-state index < -0.39 is 0 Å². The van der Waals surface area contributed by atoms with Gasteiger partial charge in [-0.25, -0.2) is 0 Å². The monoisotopic (exact) mass is 421 g/mol. The van der Waals surface area contributed by atoms with E-state index in [-0.39, 0.29) is 0 Å². The number of rotatable bonds is 3. The van der Waals surface area contributed by atoms with Crippen LogP contribution in [0.15, 0.2) is 103 Å². The third kappa shape index (κ3) is 2.48. The van der Waals surface area contributed by atoms with Gasteiger partial charge in [0, 0.05) is 10.8 Å². The molecule has 3 heteroatoms. The van der Waals surface area contributed by atoms with Crippen molar-refractivity contribution in [2.45, 2.75) is 0 Å². The fourth-order valence-electron chi connectivity index (χ4n) is 5.58. The second-order valence-corrected chi connectivity index (χ2v) is 8.45. The smallest absolute Gasteiger partial charge is 0.537 e. The van der Waals surface area contributed by atoms with Crippen LogP contribution in [0.3, 0.4) is 0 Å². The van der Waals surface area contributed by atoms with Crippen LogP contribution in [0.4, 0.5) is 0 Å². The molecule has 1 aliphatic rings. The molecular weight excluding hydrogens is 403 g/mol. The molecule has 0 amide bonds. The Morgan fingerprint density at radius 3 is 1.58 bits per heavy atom. The largest absolute Gasteiger partial charge is 0.569 e. The molecular formula is C30H18BO2. The molecule has 0 fully saturated rings. The Kier molecular flexibility index (Phi) is 3.90. The molecule has 6 aromatic carbocycles. The highest BCUT2D eigenvalue weighted by molar-refractivity contribution is 6.26. The minimum Gasteiger partial charge on any atom is -0.537 e. The maximum atomic E-state index is 9.47. The molecule has 6 aromatic rings. The average molecular weight is 421 g/mol. The highest BCUT2D eigenvalue weighted by atomic mass is 16.5. The maximum Gasteiger partial charge on any atom is 0.569 e. The van der Waals surface area contributed by atoms with E-state index in [1.807, 2.05) is 12.1 Å². The summed E-state index contributed by atoms with van der Waals surface area (Å²) < 4.78 is 5.63. The third-order valence-corrected chi connectivity index (χ3v) is 6.87. The van der Waals surface area contributed by atoms with Gasteiger partial charge in [0.1, 0.15) is 5.75 Å². The number of fused-ring (bicyclic) bond motifs is 5. The fraction of sp³-hybridized carbons (Fsp3) is 0. The van der Waals surface area contributed by atoms with Crippen LogP contribution >= 0.6 is 0 Å². The minimum absolute atomic E-state index is 0.672. The second kappa shape index (κ2) is 6.96. The standard InChI is InChI=1S/C30H18BO2/c32-31-33-30-26-12-5-3-10-22(26)29(23-11-4-6-13-27(23)30)25-17-16-24-19-9-2-1-8-18(19)20-14-7-15-21(25)28(20)24/h1-17,32H. The molecule has 0 unspecified atom stereocenters. The first-order valence-corrected chi connectivity index (χ1v) is 11.1. The van der Waals surface area contributed by atoms with Crippen molar-refractivity contribution in [1.82, 2.24) is 0 Å². The topological polar surface area (TPSA) is 29.5 Å². The third-order valence-electron chi connectivity index (χ3n) is 6.87. The zero-order chi connectivity index (χ0) is 21.9. The molecule has 7 rings (SSSR count). The Balaban J connectivity index is 1.66. The number of hydrogen-bond donors (Lipinski definition) is 1. The van der Waals surface area contributed by atoms with E-state index >= 15 is 0 Å². The Bertz CT molecular complexity index is 1650. The molecule has 0 atom stereocenters. The summed E-state index contributed by atoms with van der Waals surface area (Å²) in [5.41, 5.74) is 7.58. The fourth-order valence-corrected chi connectivity index (χ4v) is 5.58. The van der Waals surface area contributed by atoms with Crippen molar-refractivity contribution in [2.24, 2.45) is 0 Å². The predicted octanol–water partition coefficient (Wildman–Crippen LogP) is 7.37. The van der Waals surface area contributed by atoms with E-state index in [1.54, 1.807) is 0 Å². The van der Waals surface area contributed by atoms with Crippen molar-refractivity contribution in [3.8, 4) is 39.1 Å². The Hall–Kier alpha value is -4.08. The first-order chi connectivity index (χ1) is 16.4. The zero-order valence-corrected chi connectivity index (χ0v) is 17.7. The van der Waals surface area contributed by atoms with Crippen LogP contribution in [-0.2, 0) is 0 Å². The quantitative estimate of drug-likeness (QED) is 0.239. The molecule has 0 saturated heterocycles. The SMILES string of the molecule is O[B]Oc1c2ccccc2c(-c2ccc3c4c(cccc24)-c2ccccc2-3)c2ccccc12. The first kappa shape index (κ1) is 18.5. The Morgan fingerprint density at radius 1 is 0.455 bits per heavy atom. The molecule has 153 valence electrons. The average Bonchev–Trinajstić information content (AvgIpc) is 3.20. The van der Waals surface area contributed by atoms with Gasteiger partial charge in [0.15, 0.2) is 0 Å². The van der Waals surface area contributed by atoms with Crippen LogP contribution in [0.25, 0.3) is 65.7 Å². The lowest BCUT2D eigenvalue weighted by molar-refractivity contribution is 0.459. The van der Waals surface area contributed by atoms with Gasteiger partial charge in [-0.05, 0) is 54.9 Å². The van der Waals surface area contributed by atoms with Gasteiger partial charge in [-0.3, -0.25) is 0 Å². The van der Waals surface area contributed by atoms with Crippen molar-refractivity contribution in [3.63, 3.8) is 0 Å². The predicted molar refractivity (Wildman–Crippen MR) is 137 cm³/mol. The molecule has 0 heterocycles. The number of hydrogen-bond acceptors (Lipinski definition) is 2. The number of benzene rings is 6. The summed E-state index contributed by atoms with van der Waals surface area (Å²) in [7, 11) is 0.768. The van der Waals surface area contributed by atoms with E-state index in [9.17, 15) is 5.02 Å². The lowest BCUT2D eigenvalue weighted by Gasteiger charge is -2.18. The molecule has 1 N–H and O–H groups in total. The van der Waals surface area contributed by atoms with E-state index in [1.165, 1.54) is 44.2 Å². The highest BCUT2D eigenvalue weighted by Gasteiger charge is 2.24. The van der Waals surface area contributed by atoms with Crippen molar-refractivity contribution in [3.05, 3.63) is 103 Å². The zero-order valence-electron chi connectivity index (χ0n) is 17.7. The van der Waals surface area contributed by atoms with Crippen molar-refractivity contribution in [1.29, 1.82) is 0 Å². The van der Waals surface area contributed by atoms with Crippen LogP contribution in [-0.4, -0.2) is 12.7 Å². The Morgan fingerprint density at radius 2 is 0.939 bits per heavy atom. The van der Waals surface area contributed by atoms with E-state index in [0.29, 0.717) is 5.75 Å². The van der Waals surface area contributed by atoms with Gasteiger partial charge in [-0.1, -0.05) is 103 Å². The van der Waals surface area contributed by atoms with Crippen molar-refractivity contribution < 1.29 is 9.68 Å². The summed E-state index contributed by atoms with van der Waals surface area (Å²) in [4.78, 5) is 0. The molecule has 0 saturated carbocycles. The molecule has 0 aliphatic heterocycles. The molecule has 33 heavy (non-hydrogen) atoms. The van der Waals surface area contributed by atoms with E-state index in [2.05, 4.69) is 91.0 Å². The molecule has 1 aliphatic carbocycles. The molecule has 2 nitrogen and oxygen atoms in total. The van der Waals surface area contributed by atoms with Crippen molar-refractivity contribution >= 4 is 40.0 Å². The van der Waals surface area contributed by atoms with Gasteiger partial charge in [0.2, 0.25) is 0 Å². The maximum absolute atomic E-state index is 9.47. The van der Waals surface area contributed by atoms with Gasteiger partial charge in [-0.15, -0.1) is 0 Å². The first-order valence-electron chi connectivity index (χ1n) is 11.1. The molecule has 0 aromatic heterocycles. The minimum atomic E-state index is 0.672. The van der Waals surface area contributed by atoms with Gasteiger partial charge < -0.3 is 9.68 Å². The lowest BCUT2D eigenvalue weighted by atomic mass is 9.87. The molecule has 0 bridgehead atoms. The van der Waals surface area contributed by atoms with Crippen LogP contribution in [0.5, 0.6) is 5.75 Å². The molecule has 0 spiro atoms. The highest BCUT2D eigenvalue weighted by Crippen LogP contribution is 2.51. The summed E-state index contributed by atoms with van der Waals surface area (Å²) in [5, 5.41) is 16.2.